The smallest absolute Gasteiger partial charge is 0.263 e. The Balaban J connectivity index is 3.79. The number of hydrogen-bond acceptors (Lipinski definition) is 7. The third-order valence-corrected chi connectivity index (χ3v) is 2.05. The molecule has 0 radical (unpaired) electrons. The van der Waals surface area contributed by atoms with Crippen LogP contribution in [-0.4, -0.2) is 25.9 Å². The van der Waals surface area contributed by atoms with E-state index in [1.165, 1.54) is 0 Å². The summed E-state index contributed by atoms with van der Waals surface area (Å²) >= 11 is -0.609. The molecule has 0 spiro atoms. The van der Waals surface area contributed by atoms with Crippen LogP contribution >= 0.6 is 12.3 Å². The minimum atomic E-state index is -4.78. The molecule has 0 aliphatic carbocycles. The lowest BCUT2D eigenvalue weighted by molar-refractivity contribution is 0.378. The summed E-state index contributed by atoms with van der Waals surface area (Å²) in [7, 11) is -9.57. The van der Waals surface area contributed by atoms with Gasteiger partial charge in [-0.05, 0) is 0 Å². The van der Waals surface area contributed by atoms with Gasteiger partial charge in [0.2, 0.25) is 0 Å². The van der Waals surface area contributed by atoms with Crippen molar-refractivity contribution in [1.29, 1.82) is 0 Å². The van der Waals surface area contributed by atoms with Crippen LogP contribution in [0.25, 0.3) is 0 Å². The van der Waals surface area contributed by atoms with Crippen LogP contribution < -0.4 is 0 Å². The summed E-state index contributed by atoms with van der Waals surface area (Å²) < 4.78 is 60.8. The molecule has 0 saturated heterocycles. The normalized spacial score (nSPS) is 13.3. The van der Waals surface area contributed by atoms with Crippen LogP contribution in [0, 0.1) is 0 Å². The molecule has 0 atom stereocenters. The van der Waals surface area contributed by atoms with Crippen LogP contribution in [0.4, 0.5) is 0 Å². The molecule has 0 heterocycles. The first-order chi connectivity index (χ1) is 4.71. The van der Waals surface area contributed by atoms with Crippen molar-refractivity contribution in [3.63, 3.8) is 0 Å². The molecule has 0 aliphatic heterocycles. The van der Waals surface area contributed by atoms with Crippen molar-refractivity contribution in [2.45, 2.75) is 0 Å². The first-order valence-electron chi connectivity index (χ1n) is 1.70. The molecule has 2 N–H and O–H groups in total. The molecule has 8 nitrogen and oxygen atoms in total. The minimum absolute atomic E-state index is 0.609. The second-order valence-corrected chi connectivity index (χ2v) is 4.00. The van der Waals surface area contributed by atoms with Crippen LogP contribution in [0.15, 0.2) is 0 Å². The molecule has 68 valence electrons. The van der Waals surface area contributed by atoms with Gasteiger partial charge in [-0.1, -0.05) is 0 Å². The van der Waals surface area contributed by atoms with E-state index in [0.29, 0.717) is 0 Å². The van der Waals surface area contributed by atoms with Crippen LogP contribution in [0.2, 0.25) is 0 Å². The maximum absolute atomic E-state index is 9.67. The van der Waals surface area contributed by atoms with Crippen LogP contribution in [0.3, 0.4) is 0 Å². The van der Waals surface area contributed by atoms with Gasteiger partial charge in [0.15, 0.2) is 12.3 Å². The summed E-state index contributed by atoms with van der Waals surface area (Å²) in [5.74, 6) is 0. The Morgan fingerprint density at radius 2 is 1.18 bits per heavy atom. The molecule has 11 heavy (non-hydrogen) atoms. The molecule has 0 fully saturated rings. The van der Waals surface area contributed by atoms with E-state index in [1.807, 2.05) is 0 Å². The van der Waals surface area contributed by atoms with E-state index in [2.05, 4.69) is 7.26 Å². The number of hydrogen-bond donors (Lipinski definition) is 2. The fraction of sp³-hybridized carbons (Fsp3) is 0. The Morgan fingerprint density at radius 1 is 0.909 bits per heavy atom. The van der Waals surface area contributed by atoms with E-state index in [9.17, 15) is 16.8 Å². The molecule has 0 aromatic carbocycles. The molecule has 0 aromatic rings. The Labute approximate surface area is 66.8 Å². The monoisotopic (exact) mass is 226 g/mol. The van der Waals surface area contributed by atoms with Gasteiger partial charge >= 0.3 is 20.8 Å². The van der Waals surface area contributed by atoms with Crippen molar-refractivity contribution >= 4 is 33.1 Å². The highest BCUT2D eigenvalue weighted by Gasteiger charge is 2.11. The largest absolute Gasteiger partial charge is 0.410 e. The summed E-state index contributed by atoms with van der Waals surface area (Å²) in [5.41, 5.74) is 0. The average molecular weight is 226 g/mol. The second kappa shape index (κ2) is 3.66. The van der Waals surface area contributed by atoms with Gasteiger partial charge in [0.05, 0.1) is 0 Å². The summed E-state index contributed by atoms with van der Waals surface area (Å²) in [6, 6.07) is 0. The first kappa shape index (κ1) is 11.1. The van der Waals surface area contributed by atoms with Crippen LogP contribution in [0.5, 0.6) is 0 Å². The quantitative estimate of drug-likeness (QED) is 0.467. The molecule has 0 aliphatic rings. The average Bonchev–Trinajstić information content (AvgIpc) is 1.55. The van der Waals surface area contributed by atoms with E-state index in [0.717, 1.165) is 0 Å². The lowest BCUT2D eigenvalue weighted by atomic mass is 15.8. The van der Waals surface area contributed by atoms with Crippen molar-refractivity contribution in [3.8, 4) is 0 Å². The molecular formula is H2O8S3. The topological polar surface area (TPSA) is 127 Å². The molecular weight excluding hydrogens is 224 g/mol. The molecule has 0 amide bonds. The Hall–Kier alpha value is 0.0900. The highest BCUT2D eigenvalue weighted by Crippen LogP contribution is 2.10. The molecule has 0 unspecified atom stereocenters. The van der Waals surface area contributed by atoms with Gasteiger partial charge < -0.3 is 0 Å². The Morgan fingerprint density at radius 3 is 1.36 bits per heavy atom. The predicted octanol–water partition coefficient (Wildman–Crippen LogP) is -0.812. The predicted molar refractivity (Wildman–Crippen MR) is 32.9 cm³/mol. The summed E-state index contributed by atoms with van der Waals surface area (Å²) in [4.78, 5) is 0. The van der Waals surface area contributed by atoms with Gasteiger partial charge in [-0.3, -0.25) is 9.11 Å². The van der Waals surface area contributed by atoms with Gasteiger partial charge in [0, 0.05) is 0 Å². The molecule has 0 aromatic heterocycles. The van der Waals surface area contributed by atoms with E-state index in [-0.39, 0.29) is 0 Å². The summed E-state index contributed by atoms with van der Waals surface area (Å²) in [5, 5.41) is 0. The van der Waals surface area contributed by atoms with Crippen molar-refractivity contribution in [1.82, 2.24) is 0 Å². The fourth-order valence-corrected chi connectivity index (χ4v) is 0.938. The van der Waals surface area contributed by atoms with Crippen LogP contribution in [0.1, 0.15) is 0 Å². The summed E-state index contributed by atoms with van der Waals surface area (Å²) in [6.45, 7) is 0. The zero-order chi connectivity index (χ0) is 9.12. The maximum atomic E-state index is 9.67. The first-order valence-corrected chi connectivity index (χ1v) is 5.10. The van der Waals surface area contributed by atoms with Gasteiger partial charge in [0.1, 0.15) is 0 Å². The fourth-order valence-electron chi connectivity index (χ4n) is 0.0815. The van der Waals surface area contributed by atoms with E-state index in [4.69, 9.17) is 9.11 Å². The molecule has 0 saturated carbocycles. The van der Waals surface area contributed by atoms with Crippen molar-refractivity contribution in [2.24, 2.45) is 0 Å². The van der Waals surface area contributed by atoms with E-state index in [1.54, 1.807) is 0 Å². The second-order valence-electron chi connectivity index (χ2n) is 1.06. The van der Waals surface area contributed by atoms with Crippen molar-refractivity contribution < 1.29 is 33.2 Å². The van der Waals surface area contributed by atoms with Crippen LogP contribution in [-0.2, 0) is 28.1 Å². The Kier molecular flexibility index (Phi) is 3.69. The minimum Gasteiger partial charge on any atom is -0.263 e. The highest BCUT2D eigenvalue weighted by molar-refractivity contribution is 8.04. The van der Waals surface area contributed by atoms with Crippen molar-refractivity contribution in [3.05, 3.63) is 0 Å². The lowest BCUT2D eigenvalue weighted by Crippen LogP contribution is -2.01. The molecule has 11 heteroatoms. The lowest BCUT2D eigenvalue weighted by Gasteiger charge is -1.93. The van der Waals surface area contributed by atoms with E-state index >= 15 is 0 Å². The van der Waals surface area contributed by atoms with Gasteiger partial charge in [-0.2, -0.15) is 16.8 Å². The Bertz CT molecular complexity index is 258. The maximum Gasteiger partial charge on any atom is 0.410 e. The van der Waals surface area contributed by atoms with E-state index < -0.39 is 33.1 Å². The molecule has 0 bridgehead atoms. The third-order valence-electron chi connectivity index (χ3n) is 0.228. The van der Waals surface area contributed by atoms with Gasteiger partial charge in [-0.15, -0.1) is 7.26 Å². The van der Waals surface area contributed by atoms with Gasteiger partial charge in [0.25, 0.3) is 0 Å². The number of rotatable bonds is 4. The third kappa shape index (κ3) is 10.1. The SMILES string of the molecule is O=S(=O)(O)OSOS(=O)(=O)O. The zero-order valence-corrected chi connectivity index (χ0v) is 7.02. The molecule has 0 rings (SSSR count). The van der Waals surface area contributed by atoms with Gasteiger partial charge in [-0.25, -0.2) is 0 Å². The van der Waals surface area contributed by atoms with Crippen molar-refractivity contribution in [2.75, 3.05) is 0 Å². The summed E-state index contributed by atoms with van der Waals surface area (Å²) in [6.07, 6.45) is 0. The standard InChI is InChI=1S/H2O8S3/c1-10(2,3)7-9-8-11(4,5)6/h(H,1,2,3)(H,4,5,6). The zero-order valence-electron chi connectivity index (χ0n) is 4.57. The highest BCUT2D eigenvalue weighted by atomic mass is 32.3.